The van der Waals surface area contributed by atoms with Crippen LogP contribution < -0.4 is 10.6 Å². The van der Waals surface area contributed by atoms with Crippen LogP contribution in [0.25, 0.3) is 11.1 Å². The molecule has 3 aliphatic heterocycles. The first kappa shape index (κ1) is 27.8. The van der Waals surface area contributed by atoms with Gasteiger partial charge in [-0.25, -0.2) is 8.78 Å². The number of halogens is 3. The summed E-state index contributed by atoms with van der Waals surface area (Å²) in [6.45, 7) is 0.544. The van der Waals surface area contributed by atoms with Gasteiger partial charge in [0.2, 0.25) is 11.8 Å². The van der Waals surface area contributed by atoms with Crippen LogP contribution in [0.15, 0.2) is 46.9 Å². The first-order chi connectivity index (χ1) is 19.6. The lowest BCUT2D eigenvalue weighted by atomic mass is 9.70. The highest BCUT2D eigenvalue weighted by Crippen LogP contribution is 2.54. The number of hydrogen-bond acceptors (Lipinski definition) is 5. The Labute approximate surface area is 244 Å². The summed E-state index contributed by atoms with van der Waals surface area (Å²) in [5.41, 5.74) is -0.277. The van der Waals surface area contributed by atoms with Crippen LogP contribution >= 0.6 is 15.9 Å². The molecule has 3 N–H and O–H groups in total. The second-order valence-corrected chi connectivity index (χ2v) is 12.4. The third-order valence-corrected chi connectivity index (χ3v) is 9.61. The van der Waals surface area contributed by atoms with Gasteiger partial charge in [0.1, 0.15) is 12.1 Å². The maximum atomic E-state index is 15.3. The van der Waals surface area contributed by atoms with Crippen LogP contribution in [0.2, 0.25) is 0 Å². The lowest BCUT2D eigenvalue weighted by Crippen LogP contribution is -2.70. The minimum Gasteiger partial charge on any atom is -0.372 e. The summed E-state index contributed by atoms with van der Waals surface area (Å²) in [7, 11) is 0. The van der Waals surface area contributed by atoms with Crippen molar-refractivity contribution < 1.29 is 28.3 Å². The highest BCUT2D eigenvalue weighted by molar-refractivity contribution is 9.10. The van der Waals surface area contributed by atoms with E-state index in [0.29, 0.717) is 39.7 Å². The molecule has 2 aromatic rings. The zero-order valence-electron chi connectivity index (χ0n) is 22.1. The number of carbonyl (C=O) groups is 3. The Bertz CT molecular complexity index is 1480. The van der Waals surface area contributed by atoms with Gasteiger partial charge in [0.25, 0.3) is 11.8 Å². The second kappa shape index (κ2) is 10.2. The first-order valence-corrected chi connectivity index (χ1v) is 14.7. The van der Waals surface area contributed by atoms with E-state index in [2.05, 4.69) is 26.6 Å². The van der Waals surface area contributed by atoms with Crippen molar-refractivity contribution in [1.82, 2.24) is 15.5 Å². The number of amides is 3. The zero-order chi connectivity index (χ0) is 29.1. The van der Waals surface area contributed by atoms with Crippen LogP contribution in [0, 0.1) is 23.2 Å². The standard InChI is InChI=1S/C30H29BrF2N4O4/c31-17-7-9-21-20-5-1-2-6-22(20)30(41,24(21)13-17)28(40)37-19-8-10-23(29(32,33)14-19)25(37)27(39)36-18(15-34)12-16-4-3-11-35-26(16)38/h1-2,5-7,9,13,16,18-19,23,25,41H,3-4,8,10-12,14H2,(H,35,38)(H,36,39)/t16-,18-,19+,23+,25-,30-/m0/s1. The molecule has 5 aliphatic rings. The molecule has 0 spiro atoms. The summed E-state index contributed by atoms with van der Waals surface area (Å²) in [5, 5.41) is 27.3. The summed E-state index contributed by atoms with van der Waals surface area (Å²) in [6.07, 6.45) is 1.01. The molecule has 214 valence electrons. The molecule has 3 amide bonds. The van der Waals surface area contributed by atoms with E-state index in [1.54, 1.807) is 42.5 Å². The third kappa shape index (κ3) is 4.43. The van der Waals surface area contributed by atoms with Gasteiger partial charge in [-0.2, -0.15) is 5.26 Å². The van der Waals surface area contributed by atoms with Gasteiger partial charge in [0, 0.05) is 40.5 Å². The number of nitrogens with zero attached hydrogens (tertiary/aromatic N) is 2. The summed E-state index contributed by atoms with van der Waals surface area (Å²) in [5.74, 6) is -7.09. The average Bonchev–Trinajstić information content (AvgIpc) is 3.21. The highest BCUT2D eigenvalue weighted by Gasteiger charge is 2.63. The van der Waals surface area contributed by atoms with Gasteiger partial charge in [0.15, 0.2) is 5.60 Å². The van der Waals surface area contributed by atoms with Crippen molar-refractivity contribution in [3.05, 3.63) is 58.1 Å². The molecular weight excluding hydrogens is 598 g/mol. The van der Waals surface area contributed by atoms with E-state index in [1.165, 1.54) is 0 Å². The largest absolute Gasteiger partial charge is 0.372 e. The van der Waals surface area contributed by atoms with Crippen LogP contribution in [0.1, 0.15) is 49.7 Å². The van der Waals surface area contributed by atoms with Gasteiger partial charge in [0.05, 0.1) is 12.0 Å². The number of aliphatic hydroxyl groups is 1. The van der Waals surface area contributed by atoms with E-state index in [4.69, 9.17) is 0 Å². The van der Waals surface area contributed by atoms with Crippen LogP contribution in [0.5, 0.6) is 0 Å². The maximum absolute atomic E-state index is 15.3. The number of hydrogen-bond donors (Lipinski definition) is 3. The lowest BCUT2D eigenvalue weighted by molar-refractivity contribution is -0.201. The molecule has 0 unspecified atom stereocenters. The van der Waals surface area contributed by atoms with Gasteiger partial charge >= 0.3 is 0 Å². The fraction of sp³-hybridized carbons (Fsp3) is 0.467. The molecule has 8 nitrogen and oxygen atoms in total. The number of nitriles is 1. The molecule has 2 aliphatic carbocycles. The quantitative estimate of drug-likeness (QED) is 0.468. The molecular formula is C30H29BrF2N4O4. The van der Waals surface area contributed by atoms with E-state index < -0.39 is 59.7 Å². The normalized spacial score (nSPS) is 30.0. The van der Waals surface area contributed by atoms with E-state index >= 15 is 8.78 Å². The number of piperidine rings is 3. The first-order valence-electron chi connectivity index (χ1n) is 13.9. The number of fused-ring (bicyclic) bond motifs is 6. The molecule has 7 rings (SSSR count). The van der Waals surface area contributed by atoms with Gasteiger partial charge in [-0.3, -0.25) is 14.4 Å². The fourth-order valence-electron chi connectivity index (χ4n) is 7.19. The SMILES string of the molecule is N#C[C@H](C[C@@H]1CCCNC1=O)NC(=O)[C@@H]1[C@H]2CC[C@H](CC2(F)F)N1C(=O)[C@]1(O)c2ccccc2-c2ccc(Br)cc21. The third-order valence-electron chi connectivity index (χ3n) is 9.12. The van der Waals surface area contributed by atoms with E-state index in [1.807, 2.05) is 6.07 Å². The topological polar surface area (TPSA) is 123 Å². The Morgan fingerprint density at radius 2 is 1.93 bits per heavy atom. The molecule has 41 heavy (non-hydrogen) atoms. The van der Waals surface area contributed by atoms with Gasteiger partial charge in [-0.1, -0.05) is 46.3 Å². The molecule has 6 atom stereocenters. The lowest BCUT2D eigenvalue weighted by Gasteiger charge is -2.54. The number of alkyl halides is 2. The molecule has 4 fully saturated rings. The van der Waals surface area contributed by atoms with Gasteiger partial charge in [-0.05, 0) is 55.4 Å². The molecule has 3 heterocycles. The smallest absolute Gasteiger partial charge is 0.264 e. The minimum absolute atomic E-state index is 0.0267. The van der Waals surface area contributed by atoms with Crippen LogP contribution in [0.3, 0.4) is 0 Å². The van der Waals surface area contributed by atoms with E-state index in [9.17, 15) is 24.8 Å². The van der Waals surface area contributed by atoms with E-state index in [0.717, 1.165) is 11.3 Å². The van der Waals surface area contributed by atoms with Crippen LogP contribution in [0.4, 0.5) is 8.78 Å². The summed E-state index contributed by atoms with van der Waals surface area (Å²) in [4.78, 5) is 41.7. The maximum Gasteiger partial charge on any atom is 0.264 e. The molecule has 3 saturated heterocycles. The monoisotopic (exact) mass is 626 g/mol. The van der Waals surface area contributed by atoms with Crippen molar-refractivity contribution in [2.45, 2.75) is 68.2 Å². The van der Waals surface area contributed by atoms with Crippen LogP contribution in [-0.4, -0.2) is 58.3 Å². The fourth-order valence-corrected chi connectivity index (χ4v) is 7.55. The van der Waals surface area contributed by atoms with Crippen molar-refractivity contribution in [2.24, 2.45) is 11.8 Å². The van der Waals surface area contributed by atoms with Crippen molar-refractivity contribution in [3.63, 3.8) is 0 Å². The number of rotatable bonds is 5. The van der Waals surface area contributed by atoms with Gasteiger partial charge in [-0.15, -0.1) is 0 Å². The predicted octanol–water partition coefficient (Wildman–Crippen LogP) is 3.60. The Hall–Kier alpha value is -3.36. The van der Waals surface area contributed by atoms with Gasteiger partial charge < -0.3 is 20.6 Å². The Balaban J connectivity index is 1.36. The number of benzene rings is 2. The molecule has 1 saturated carbocycles. The zero-order valence-corrected chi connectivity index (χ0v) is 23.7. The molecule has 0 radical (unpaired) electrons. The highest BCUT2D eigenvalue weighted by atomic mass is 79.9. The average molecular weight is 627 g/mol. The van der Waals surface area contributed by atoms with Crippen molar-refractivity contribution in [3.8, 4) is 17.2 Å². The molecule has 0 aromatic heterocycles. The second-order valence-electron chi connectivity index (χ2n) is 11.5. The summed E-state index contributed by atoms with van der Waals surface area (Å²) in [6, 6.07) is 10.4. The molecule has 11 heteroatoms. The summed E-state index contributed by atoms with van der Waals surface area (Å²) >= 11 is 3.41. The van der Waals surface area contributed by atoms with Crippen molar-refractivity contribution >= 4 is 33.7 Å². The molecule has 2 bridgehead atoms. The molecule has 2 aromatic carbocycles. The Morgan fingerprint density at radius 3 is 2.66 bits per heavy atom. The van der Waals surface area contributed by atoms with Crippen molar-refractivity contribution in [2.75, 3.05) is 6.54 Å². The number of nitrogens with one attached hydrogen (secondary N) is 2. The summed E-state index contributed by atoms with van der Waals surface area (Å²) < 4.78 is 31.2. The van der Waals surface area contributed by atoms with Crippen LogP contribution in [-0.2, 0) is 20.0 Å². The number of carbonyl (C=O) groups excluding carboxylic acids is 3. The van der Waals surface area contributed by atoms with Crippen molar-refractivity contribution in [1.29, 1.82) is 5.26 Å². The van der Waals surface area contributed by atoms with E-state index in [-0.39, 0.29) is 25.2 Å². The Morgan fingerprint density at radius 1 is 1.17 bits per heavy atom. The Kier molecular flexibility index (Phi) is 6.90. The predicted molar refractivity (Wildman–Crippen MR) is 147 cm³/mol. The minimum atomic E-state index is -3.20.